The van der Waals surface area contributed by atoms with Gasteiger partial charge in [-0.3, -0.25) is 0 Å². The fourth-order valence-electron chi connectivity index (χ4n) is 0.653. The molecule has 0 aliphatic carbocycles. The predicted molar refractivity (Wildman–Crippen MR) is 62.3 cm³/mol. The molecule has 0 saturated heterocycles. The van der Waals surface area contributed by atoms with Crippen LogP contribution in [-0.4, -0.2) is 14.9 Å². The molecule has 0 aromatic heterocycles. The Morgan fingerprint density at radius 1 is 1.29 bits per heavy atom. The summed E-state index contributed by atoms with van der Waals surface area (Å²) >= 11 is 0. The number of rotatable bonds is 4. The van der Waals surface area contributed by atoms with E-state index in [9.17, 15) is 0 Å². The molecule has 0 aromatic rings. The standard InChI is InChI=1S/C11H25OSi.Cu/c1-8-10(2)9-12-13(6,7)11(3,4)5;/h8,10H,9H2,1-7H3;/q-1;+1/t10-;/m1./s1. The number of hydrogen-bond donors (Lipinski definition) is 0. The molecule has 0 aromatic carbocycles. The summed E-state index contributed by atoms with van der Waals surface area (Å²) in [5.74, 6) is 0.578. The summed E-state index contributed by atoms with van der Waals surface area (Å²) in [7, 11) is -1.50. The molecule has 0 fully saturated rings. The molecule has 3 heteroatoms. The van der Waals surface area contributed by atoms with E-state index in [4.69, 9.17) is 4.43 Å². The van der Waals surface area contributed by atoms with Gasteiger partial charge < -0.3 is 10.8 Å². The number of hydrogen-bond acceptors (Lipinski definition) is 1. The van der Waals surface area contributed by atoms with Gasteiger partial charge in [-0.05, 0) is 18.1 Å². The van der Waals surface area contributed by atoms with Crippen molar-refractivity contribution in [2.75, 3.05) is 6.61 Å². The second kappa shape index (κ2) is 6.32. The molecule has 0 heterocycles. The van der Waals surface area contributed by atoms with E-state index in [1.165, 1.54) is 0 Å². The third-order valence-electron chi connectivity index (χ3n) is 3.08. The SMILES string of the molecule is C[CH-][C@@H](C)CO[Si](C)(C)C(C)(C)C.[Cu+]. The van der Waals surface area contributed by atoms with Crippen molar-refractivity contribution in [1.29, 1.82) is 0 Å². The molecule has 0 unspecified atom stereocenters. The molecule has 0 aliphatic rings. The minimum atomic E-state index is -1.50. The predicted octanol–water partition coefficient (Wildman–Crippen LogP) is 3.87. The fourth-order valence-corrected chi connectivity index (χ4v) is 1.77. The molecule has 0 amide bonds. The minimum absolute atomic E-state index is 0. The average molecular weight is 265 g/mol. The summed E-state index contributed by atoms with van der Waals surface area (Å²) in [6.45, 7) is 16.6. The maximum absolute atomic E-state index is 6.05. The van der Waals surface area contributed by atoms with Gasteiger partial charge in [0, 0.05) is 6.61 Å². The summed E-state index contributed by atoms with van der Waals surface area (Å²) in [6.07, 6.45) is 2.20. The molecule has 90 valence electrons. The van der Waals surface area contributed by atoms with Crippen molar-refractivity contribution < 1.29 is 21.5 Å². The van der Waals surface area contributed by atoms with Crippen LogP contribution >= 0.6 is 0 Å². The summed E-state index contributed by atoms with van der Waals surface area (Å²) in [5, 5.41) is 0.334. The first kappa shape index (κ1) is 17.1. The van der Waals surface area contributed by atoms with E-state index < -0.39 is 8.32 Å². The molecule has 0 aliphatic heterocycles. The van der Waals surface area contributed by atoms with Crippen LogP contribution in [0.1, 0.15) is 34.6 Å². The van der Waals surface area contributed by atoms with Crippen molar-refractivity contribution in [1.82, 2.24) is 0 Å². The molecule has 0 radical (unpaired) electrons. The Hall–Kier alpha value is 0.696. The Labute approximate surface area is 102 Å². The van der Waals surface area contributed by atoms with Crippen LogP contribution in [0, 0.1) is 12.3 Å². The van der Waals surface area contributed by atoms with E-state index in [1.54, 1.807) is 0 Å². The summed E-state index contributed by atoms with van der Waals surface area (Å²) in [5.41, 5.74) is 0. The fraction of sp³-hybridized carbons (Fsp3) is 0.909. The minimum Gasteiger partial charge on any atom is -0.419 e. The molecule has 0 spiro atoms. The van der Waals surface area contributed by atoms with Crippen molar-refractivity contribution in [3.05, 3.63) is 6.42 Å². The molecule has 0 N–H and O–H groups in total. The maximum atomic E-state index is 6.05. The van der Waals surface area contributed by atoms with Gasteiger partial charge in [0.1, 0.15) is 0 Å². The third kappa shape index (κ3) is 5.55. The molecular weight excluding hydrogens is 240 g/mol. The smallest absolute Gasteiger partial charge is 0.419 e. The van der Waals surface area contributed by atoms with Crippen LogP contribution < -0.4 is 0 Å². The zero-order chi connectivity index (χ0) is 10.7. The van der Waals surface area contributed by atoms with Gasteiger partial charge >= 0.3 is 17.1 Å². The Bertz CT molecular complexity index is 152. The third-order valence-corrected chi connectivity index (χ3v) is 7.58. The van der Waals surface area contributed by atoms with E-state index in [-0.39, 0.29) is 17.1 Å². The van der Waals surface area contributed by atoms with E-state index in [0.29, 0.717) is 11.0 Å². The van der Waals surface area contributed by atoms with Crippen LogP contribution in [0.3, 0.4) is 0 Å². The van der Waals surface area contributed by atoms with Gasteiger partial charge in [0.05, 0.1) is 0 Å². The summed E-state index contributed by atoms with van der Waals surface area (Å²) in [4.78, 5) is 0. The molecule has 1 atom stereocenters. The molecule has 1 nitrogen and oxygen atoms in total. The van der Waals surface area contributed by atoms with Crippen LogP contribution in [0.15, 0.2) is 0 Å². The molecule has 0 bridgehead atoms. The molecular formula is C11H25CuOSi. The van der Waals surface area contributed by atoms with Crippen LogP contribution in [0.25, 0.3) is 0 Å². The van der Waals surface area contributed by atoms with E-state index in [2.05, 4.69) is 54.1 Å². The maximum Gasteiger partial charge on any atom is 1.00 e. The van der Waals surface area contributed by atoms with E-state index in [1.807, 2.05) is 0 Å². The first-order valence-electron chi connectivity index (χ1n) is 5.14. The summed E-state index contributed by atoms with van der Waals surface area (Å²) < 4.78 is 6.05. The van der Waals surface area contributed by atoms with Crippen molar-refractivity contribution in [3.63, 3.8) is 0 Å². The Morgan fingerprint density at radius 3 is 2.00 bits per heavy atom. The largest absolute Gasteiger partial charge is 1.00 e. The Kier molecular flexibility index (Phi) is 7.72. The first-order valence-corrected chi connectivity index (χ1v) is 8.05. The van der Waals surface area contributed by atoms with Gasteiger partial charge in [-0.1, -0.05) is 27.7 Å². The van der Waals surface area contributed by atoms with Crippen molar-refractivity contribution in [3.8, 4) is 0 Å². The Morgan fingerprint density at radius 2 is 1.71 bits per heavy atom. The quantitative estimate of drug-likeness (QED) is 0.553. The van der Waals surface area contributed by atoms with E-state index in [0.717, 1.165) is 6.61 Å². The average Bonchev–Trinajstić information content (AvgIpc) is 1.98. The second-order valence-electron chi connectivity index (χ2n) is 5.38. The van der Waals surface area contributed by atoms with Crippen LogP contribution in [0.5, 0.6) is 0 Å². The van der Waals surface area contributed by atoms with E-state index >= 15 is 0 Å². The zero-order valence-electron chi connectivity index (χ0n) is 10.6. The molecule has 0 saturated carbocycles. The van der Waals surface area contributed by atoms with Crippen LogP contribution in [0.2, 0.25) is 18.1 Å². The first-order chi connectivity index (χ1) is 5.70. The summed E-state index contributed by atoms with van der Waals surface area (Å²) in [6, 6.07) is 0. The Balaban J connectivity index is 0. The van der Waals surface area contributed by atoms with Crippen LogP contribution in [-0.2, 0) is 21.5 Å². The molecule has 14 heavy (non-hydrogen) atoms. The second-order valence-corrected chi connectivity index (χ2v) is 10.2. The topological polar surface area (TPSA) is 9.23 Å². The molecule has 0 rings (SSSR count). The van der Waals surface area contributed by atoms with Crippen molar-refractivity contribution >= 4 is 8.32 Å². The monoisotopic (exact) mass is 264 g/mol. The van der Waals surface area contributed by atoms with Gasteiger partial charge in [-0.15, -0.1) is 5.92 Å². The van der Waals surface area contributed by atoms with Gasteiger partial charge in [-0.25, -0.2) is 0 Å². The van der Waals surface area contributed by atoms with Gasteiger partial charge in [-0.2, -0.15) is 6.92 Å². The van der Waals surface area contributed by atoms with Crippen molar-refractivity contribution in [2.45, 2.75) is 52.8 Å². The van der Waals surface area contributed by atoms with Crippen LogP contribution in [0.4, 0.5) is 0 Å². The van der Waals surface area contributed by atoms with Gasteiger partial charge in [0.15, 0.2) is 8.32 Å². The normalized spacial score (nSPS) is 14.8. The van der Waals surface area contributed by atoms with Gasteiger partial charge in [0.2, 0.25) is 0 Å². The van der Waals surface area contributed by atoms with Gasteiger partial charge in [0.25, 0.3) is 0 Å². The zero-order valence-corrected chi connectivity index (χ0v) is 12.5. The van der Waals surface area contributed by atoms with Crippen molar-refractivity contribution in [2.24, 2.45) is 5.92 Å².